The molecule has 1 unspecified atom stereocenters. The summed E-state index contributed by atoms with van der Waals surface area (Å²) >= 11 is 0. The first-order chi connectivity index (χ1) is 18.1. The maximum absolute atomic E-state index is 13.3. The summed E-state index contributed by atoms with van der Waals surface area (Å²) in [5, 5.41) is 2.36. The van der Waals surface area contributed by atoms with Gasteiger partial charge in [-0.05, 0) is 59.2 Å². The molecule has 0 aliphatic carbocycles. The molecule has 1 aliphatic rings. The van der Waals surface area contributed by atoms with Gasteiger partial charge in [-0.3, -0.25) is 4.79 Å². The lowest BCUT2D eigenvalue weighted by Crippen LogP contribution is -2.24. The van der Waals surface area contributed by atoms with Crippen molar-refractivity contribution in [3.63, 3.8) is 0 Å². The number of aromatic nitrogens is 2. The molecule has 4 aromatic carbocycles. The molecule has 5 aromatic rings. The summed E-state index contributed by atoms with van der Waals surface area (Å²) in [6.45, 7) is 2.43. The Balaban J connectivity index is 1.16. The monoisotopic (exact) mass is 493 g/mol. The molecule has 0 bridgehead atoms. The van der Waals surface area contributed by atoms with Gasteiger partial charge >= 0.3 is 0 Å². The third kappa shape index (κ3) is 4.92. The molecule has 1 saturated heterocycles. The highest BCUT2D eigenvalue weighted by atomic mass is 19.1. The maximum atomic E-state index is 13.3. The van der Waals surface area contributed by atoms with Crippen molar-refractivity contribution in [1.82, 2.24) is 14.5 Å². The van der Waals surface area contributed by atoms with Crippen LogP contribution in [0.1, 0.15) is 30.1 Å². The Morgan fingerprint density at radius 2 is 1.70 bits per heavy atom. The first kappa shape index (κ1) is 23.2. The molecule has 6 rings (SSSR count). The molecule has 0 saturated carbocycles. The first-order valence-corrected chi connectivity index (χ1v) is 12.7. The Bertz CT molecular complexity index is 1560. The van der Waals surface area contributed by atoms with Gasteiger partial charge in [-0.2, -0.15) is 0 Å². The molecule has 37 heavy (non-hydrogen) atoms. The van der Waals surface area contributed by atoms with Crippen LogP contribution in [0.2, 0.25) is 0 Å². The van der Waals surface area contributed by atoms with Crippen LogP contribution in [-0.2, 0) is 17.9 Å². The number of hydrogen-bond acceptors (Lipinski definition) is 3. The van der Waals surface area contributed by atoms with E-state index in [1.807, 2.05) is 41.3 Å². The number of benzene rings is 4. The predicted molar refractivity (Wildman–Crippen MR) is 143 cm³/mol. The van der Waals surface area contributed by atoms with Gasteiger partial charge < -0.3 is 14.2 Å². The summed E-state index contributed by atoms with van der Waals surface area (Å²) in [5.74, 6) is 1.66. The van der Waals surface area contributed by atoms with Gasteiger partial charge in [-0.15, -0.1) is 0 Å². The average molecular weight is 494 g/mol. The van der Waals surface area contributed by atoms with Gasteiger partial charge in [-0.25, -0.2) is 9.37 Å². The number of carbonyl (C=O) groups excluding carboxylic acids is 1. The van der Waals surface area contributed by atoms with Gasteiger partial charge in [0.05, 0.1) is 17.6 Å². The standard InChI is InChI=1S/C31H28FN3O2/c32-26-13-10-22(11-14-26)20-34-21-25(19-30(34)36)31-33-28-8-3-4-9-29(28)35(31)16-5-17-37-27-15-12-23-6-1-2-7-24(23)18-27/h1-4,6-15,18,25H,5,16-17,19-21H2. The topological polar surface area (TPSA) is 47.4 Å². The molecular weight excluding hydrogens is 465 g/mol. The van der Waals surface area contributed by atoms with E-state index in [-0.39, 0.29) is 17.6 Å². The Morgan fingerprint density at radius 3 is 2.57 bits per heavy atom. The van der Waals surface area contributed by atoms with Crippen LogP contribution in [0.4, 0.5) is 4.39 Å². The number of fused-ring (bicyclic) bond motifs is 2. The number of nitrogens with zero attached hydrogens (tertiary/aromatic N) is 3. The number of rotatable bonds is 8. The highest BCUT2D eigenvalue weighted by molar-refractivity contribution is 5.83. The zero-order valence-electron chi connectivity index (χ0n) is 20.5. The third-order valence-electron chi connectivity index (χ3n) is 7.07. The highest BCUT2D eigenvalue weighted by Crippen LogP contribution is 2.31. The van der Waals surface area contributed by atoms with Gasteiger partial charge in [0.15, 0.2) is 0 Å². The fourth-order valence-corrected chi connectivity index (χ4v) is 5.22. The molecule has 1 aliphatic heterocycles. The normalized spacial score (nSPS) is 15.6. The lowest BCUT2D eigenvalue weighted by atomic mass is 10.1. The second-order valence-corrected chi connectivity index (χ2v) is 9.62. The maximum Gasteiger partial charge on any atom is 0.223 e. The zero-order valence-corrected chi connectivity index (χ0v) is 20.5. The number of ether oxygens (including phenoxy) is 1. The molecule has 1 atom stereocenters. The summed E-state index contributed by atoms with van der Waals surface area (Å²) < 4.78 is 21.6. The Labute approximate surface area is 215 Å². The van der Waals surface area contributed by atoms with E-state index in [4.69, 9.17) is 9.72 Å². The van der Waals surface area contributed by atoms with Crippen LogP contribution < -0.4 is 4.74 Å². The molecule has 5 nitrogen and oxygen atoms in total. The van der Waals surface area contributed by atoms with Crippen molar-refractivity contribution in [3.8, 4) is 5.75 Å². The third-order valence-corrected chi connectivity index (χ3v) is 7.07. The minimum atomic E-state index is -0.271. The Kier molecular flexibility index (Phi) is 6.31. The van der Waals surface area contributed by atoms with Gasteiger partial charge in [-0.1, -0.05) is 54.6 Å². The van der Waals surface area contributed by atoms with Crippen LogP contribution in [0, 0.1) is 5.82 Å². The number of carbonyl (C=O) groups is 1. The Hall–Kier alpha value is -4.19. The second kappa shape index (κ2) is 10.1. The zero-order chi connectivity index (χ0) is 25.2. The van der Waals surface area contributed by atoms with Crippen LogP contribution in [0.3, 0.4) is 0 Å². The van der Waals surface area contributed by atoms with E-state index in [1.165, 1.54) is 22.9 Å². The van der Waals surface area contributed by atoms with Gasteiger partial charge in [0, 0.05) is 32.0 Å². The minimum absolute atomic E-state index is 0.0155. The molecule has 0 spiro atoms. The quantitative estimate of drug-likeness (QED) is 0.238. The fourth-order valence-electron chi connectivity index (χ4n) is 5.22. The van der Waals surface area contributed by atoms with Crippen LogP contribution in [0.25, 0.3) is 21.8 Å². The summed E-state index contributed by atoms with van der Waals surface area (Å²) in [4.78, 5) is 19.7. The van der Waals surface area contributed by atoms with Gasteiger partial charge in [0.2, 0.25) is 5.91 Å². The Morgan fingerprint density at radius 1 is 0.919 bits per heavy atom. The molecule has 0 radical (unpaired) electrons. The molecule has 6 heteroatoms. The molecule has 1 fully saturated rings. The number of likely N-dealkylation sites (tertiary alicyclic amines) is 1. The van der Waals surface area contributed by atoms with Crippen molar-refractivity contribution >= 4 is 27.7 Å². The molecular formula is C31H28FN3O2. The van der Waals surface area contributed by atoms with E-state index in [1.54, 1.807) is 12.1 Å². The smallest absolute Gasteiger partial charge is 0.223 e. The van der Waals surface area contributed by atoms with Gasteiger partial charge in [0.25, 0.3) is 0 Å². The van der Waals surface area contributed by atoms with Crippen molar-refractivity contribution in [3.05, 3.63) is 108 Å². The number of para-hydroxylation sites is 2. The van der Waals surface area contributed by atoms with E-state index >= 15 is 0 Å². The van der Waals surface area contributed by atoms with Crippen LogP contribution >= 0.6 is 0 Å². The van der Waals surface area contributed by atoms with Crippen LogP contribution in [-0.4, -0.2) is 33.5 Å². The summed E-state index contributed by atoms with van der Waals surface area (Å²) in [6.07, 6.45) is 1.25. The molecule has 2 heterocycles. The summed E-state index contributed by atoms with van der Waals surface area (Å²) in [6, 6.07) is 28.9. The van der Waals surface area contributed by atoms with E-state index in [0.717, 1.165) is 41.1 Å². The van der Waals surface area contributed by atoms with Crippen molar-refractivity contribution in [2.45, 2.75) is 31.8 Å². The van der Waals surface area contributed by atoms with E-state index < -0.39 is 0 Å². The molecule has 186 valence electrons. The van der Waals surface area contributed by atoms with E-state index in [0.29, 0.717) is 26.1 Å². The number of halogens is 1. The van der Waals surface area contributed by atoms with Crippen molar-refractivity contribution in [2.75, 3.05) is 13.2 Å². The number of imidazole rings is 1. The number of amides is 1. The number of aryl methyl sites for hydroxylation is 1. The van der Waals surface area contributed by atoms with Crippen LogP contribution in [0.15, 0.2) is 91.0 Å². The predicted octanol–water partition coefficient (Wildman–Crippen LogP) is 6.31. The van der Waals surface area contributed by atoms with Crippen molar-refractivity contribution < 1.29 is 13.9 Å². The number of hydrogen-bond donors (Lipinski definition) is 0. The lowest BCUT2D eigenvalue weighted by molar-refractivity contribution is -0.128. The fraction of sp³-hybridized carbons (Fsp3) is 0.226. The summed E-state index contributed by atoms with van der Waals surface area (Å²) in [7, 11) is 0. The average Bonchev–Trinajstić information content (AvgIpc) is 3.47. The largest absolute Gasteiger partial charge is 0.494 e. The minimum Gasteiger partial charge on any atom is -0.494 e. The molecule has 1 aromatic heterocycles. The first-order valence-electron chi connectivity index (χ1n) is 12.7. The molecule has 0 N–H and O–H groups in total. The lowest BCUT2D eigenvalue weighted by Gasteiger charge is -2.17. The van der Waals surface area contributed by atoms with Crippen LogP contribution in [0.5, 0.6) is 5.75 Å². The van der Waals surface area contributed by atoms with E-state index in [9.17, 15) is 9.18 Å². The highest BCUT2D eigenvalue weighted by Gasteiger charge is 2.34. The molecule has 1 amide bonds. The SMILES string of the molecule is O=C1CC(c2nc3ccccc3n2CCCOc2ccc3ccccc3c2)CN1Cc1ccc(F)cc1. The van der Waals surface area contributed by atoms with Crippen molar-refractivity contribution in [1.29, 1.82) is 0 Å². The second-order valence-electron chi connectivity index (χ2n) is 9.62. The van der Waals surface area contributed by atoms with Gasteiger partial charge in [0.1, 0.15) is 17.4 Å². The van der Waals surface area contributed by atoms with E-state index in [2.05, 4.69) is 34.9 Å². The van der Waals surface area contributed by atoms with Crippen molar-refractivity contribution in [2.24, 2.45) is 0 Å². The summed E-state index contributed by atoms with van der Waals surface area (Å²) in [5.41, 5.74) is 2.94.